The first-order valence-electron chi connectivity index (χ1n) is 9.26. The van der Waals surface area contributed by atoms with Crippen molar-refractivity contribution in [3.05, 3.63) is 11.8 Å². The Balaban J connectivity index is 1.58. The van der Waals surface area contributed by atoms with E-state index in [1.807, 2.05) is 0 Å². The monoisotopic (exact) mass is 390 g/mol. The molecule has 1 unspecified atom stereocenters. The van der Waals surface area contributed by atoms with Gasteiger partial charge in [0.1, 0.15) is 12.3 Å². The Labute approximate surface area is 162 Å². The number of ether oxygens (including phenoxy) is 3. The van der Waals surface area contributed by atoms with Crippen LogP contribution in [0.25, 0.3) is 0 Å². The zero-order valence-corrected chi connectivity index (χ0v) is 15.7. The van der Waals surface area contributed by atoms with Crippen molar-refractivity contribution in [2.24, 2.45) is 10.9 Å². The highest BCUT2D eigenvalue weighted by Gasteiger charge is 2.41. The lowest BCUT2D eigenvalue weighted by molar-refractivity contribution is -0.0545. The van der Waals surface area contributed by atoms with Crippen LogP contribution in [0.4, 0.5) is 20.7 Å². The molecule has 3 heterocycles. The van der Waals surface area contributed by atoms with Crippen molar-refractivity contribution in [1.29, 1.82) is 0 Å². The van der Waals surface area contributed by atoms with E-state index >= 15 is 0 Å². The van der Waals surface area contributed by atoms with Crippen LogP contribution in [0.5, 0.6) is 0 Å². The molecule has 0 radical (unpaired) electrons. The van der Waals surface area contributed by atoms with Crippen molar-refractivity contribution in [2.75, 3.05) is 18.9 Å². The lowest BCUT2D eigenvalue weighted by Crippen LogP contribution is -2.34. The number of terminal acetylenes is 1. The molecule has 1 saturated heterocycles. The number of aryl methyl sites for hydroxylation is 1. The van der Waals surface area contributed by atoms with Crippen LogP contribution in [-0.4, -0.2) is 47.3 Å². The fraction of sp³-hybridized carbons (Fsp3) is 0.579. The van der Waals surface area contributed by atoms with Gasteiger partial charge in [-0.25, -0.2) is 9.78 Å². The fourth-order valence-electron chi connectivity index (χ4n) is 3.48. The molecule has 9 heteroatoms. The molecule has 0 spiro atoms. The van der Waals surface area contributed by atoms with E-state index in [1.165, 1.54) is 0 Å². The van der Waals surface area contributed by atoms with E-state index in [1.54, 1.807) is 13.1 Å². The summed E-state index contributed by atoms with van der Waals surface area (Å²) >= 11 is 0. The number of fused-ring (bicyclic) bond motifs is 1. The van der Waals surface area contributed by atoms with Gasteiger partial charge in [0.05, 0.1) is 18.4 Å². The maximum absolute atomic E-state index is 13.4. The number of aliphatic imine (C=N–C) groups is 1. The maximum Gasteiger partial charge on any atom is 0.508 e. The number of carbonyl (C=O) groups excluding carboxylic acids is 1. The molecule has 150 valence electrons. The van der Waals surface area contributed by atoms with Crippen LogP contribution in [0, 0.1) is 24.3 Å². The van der Waals surface area contributed by atoms with Crippen molar-refractivity contribution >= 4 is 23.9 Å². The summed E-state index contributed by atoms with van der Waals surface area (Å²) in [7, 11) is 0. The van der Waals surface area contributed by atoms with Crippen molar-refractivity contribution in [3.63, 3.8) is 0 Å². The predicted molar refractivity (Wildman–Crippen MR) is 99.6 cm³/mol. The van der Waals surface area contributed by atoms with E-state index in [0.29, 0.717) is 30.6 Å². The lowest BCUT2D eigenvalue weighted by Gasteiger charge is -2.24. The average Bonchev–Trinajstić information content (AvgIpc) is 2.95. The van der Waals surface area contributed by atoms with Crippen LogP contribution in [0.15, 0.2) is 4.99 Å². The Hall–Kier alpha value is -2.73. The molecule has 2 N–H and O–H groups in total. The Morgan fingerprint density at radius 3 is 3.04 bits per heavy atom. The number of hydrogen-bond acceptors (Lipinski definition) is 8. The summed E-state index contributed by atoms with van der Waals surface area (Å²) in [4.78, 5) is 23.1. The van der Waals surface area contributed by atoms with Gasteiger partial charge in [0.15, 0.2) is 11.4 Å². The van der Waals surface area contributed by atoms with Crippen LogP contribution in [0.2, 0.25) is 0 Å². The molecule has 0 aromatic carbocycles. The molecule has 2 aliphatic rings. The molecule has 0 bridgehead atoms. The third-order valence-corrected chi connectivity index (χ3v) is 4.90. The van der Waals surface area contributed by atoms with Gasteiger partial charge in [0.25, 0.3) is 0 Å². The zero-order chi connectivity index (χ0) is 20.1. The number of halogens is 1. The smallest absolute Gasteiger partial charge is 0.435 e. The molecule has 3 atom stereocenters. The second-order valence-corrected chi connectivity index (χ2v) is 6.87. The van der Waals surface area contributed by atoms with Gasteiger partial charge in [-0.05, 0) is 44.9 Å². The summed E-state index contributed by atoms with van der Waals surface area (Å²) in [6.07, 6.45) is 9.02. The number of hydrogen-bond donors (Lipinski definition) is 1. The van der Waals surface area contributed by atoms with E-state index in [4.69, 9.17) is 26.4 Å². The van der Waals surface area contributed by atoms with Gasteiger partial charge in [0.2, 0.25) is 0 Å². The second-order valence-electron chi connectivity index (χ2n) is 6.87. The van der Waals surface area contributed by atoms with Crippen LogP contribution in [0.1, 0.15) is 38.3 Å². The zero-order valence-electron chi connectivity index (χ0n) is 15.7. The third-order valence-electron chi connectivity index (χ3n) is 4.90. The van der Waals surface area contributed by atoms with Crippen molar-refractivity contribution in [1.82, 2.24) is 9.97 Å². The molecule has 8 nitrogen and oxygen atoms in total. The number of nitrogen functional groups attached to an aromatic ring is 1. The molecule has 2 aliphatic heterocycles. The van der Waals surface area contributed by atoms with Crippen LogP contribution >= 0.6 is 0 Å². The number of nitrogens with two attached hydrogens (primary N) is 1. The molecule has 0 amide bonds. The predicted octanol–water partition coefficient (Wildman–Crippen LogP) is 2.58. The minimum Gasteiger partial charge on any atom is -0.435 e. The lowest BCUT2D eigenvalue weighted by atomic mass is 9.95. The Morgan fingerprint density at radius 1 is 1.46 bits per heavy atom. The van der Waals surface area contributed by atoms with Crippen molar-refractivity contribution in [3.8, 4) is 12.3 Å². The highest BCUT2D eigenvalue weighted by Crippen LogP contribution is 2.35. The minimum atomic E-state index is -0.943. The summed E-state index contributed by atoms with van der Waals surface area (Å²) in [6.45, 7) is 1.88. The number of anilines is 1. The topological polar surface area (TPSA) is 109 Å². The van der Waals surface area contributed by atoms with Gasteiger partial charge in [-0.15, -0.1) is 6.42 Å². The van der Waals surface area contributed by atoms with Crippen LogP contribution in [-0.2, 0) is 20.6 Å². The highest BCUT2D eigenvalue weighted by atomic mass is 19.1. The minimum absolute atomic E-state index is 0.0407. The van der Waals surface area contributed by atoms with Gasteiger partial charge in [-0.3, -0.25) is 4.99 Å². The average molecular weight is 390 g/mol. The Bertz CT molecular complexity index is 810. The number of aromatic nitrogens is 2. The van der Waals surface area contributed by atoms with Crippen molar-refractivity contribution < 1.29 is 23.4 Å². The fourth-order valence-corrected chi connectivity index (χ4v) is 3.48. The summed E-state index contributed by atoms with van der Waals surface area (Å²) in [5.41, 5.74) is 5.75. The van der Waals surface area contributed by atoms with Crippen LogP contribution < -0.4 is 5.73 Å². The van der Waals surface area contributed by atoms with Crippen LogP contribution in [0.3, 0.4) is 0 Å². The van der Waals surface area contributed by atoms with Crippen molar-refractivity contribution in [2.45, 2.75) is 50.7 Å². The van der Waals surface area contributed by atoms with Gasteiger partial charge in [-0.2, -0.15) is 9.37 Å². The summed E-state index contributed by atoms with van der Waals surface area (Å²) in [6, 6.07) is 0. The van der Waals surface area contributed by atoms with Gasteiger partial charge in [0, 0.05) is 6.21 Å². The van der Waals surface area contributed by atoms with E-state index in [0.717, 1.165) is 12.8 Å². The molecular weight excluding hydrogens is 367 g/mol. The summed E-state index contributed by atoms with van der Waals surface area (Å²) in [5, 5.41) is 0. The number of nitrogens with zero attached hydrogens (tertiary/aromatic N) is 3. The first kappa shape index (κ1) is 20.0. The van der Waals surface area contributed by atoms with E-state index < -0.39 is 17.8 Å². The standard InChI is InChI=1S/C19H23FN4O4/c1-3-19(11-27-18(25)26-4-2)8-7-13(28-19)9-12-5-6-14-15(22-10-12)16(21)24-17(20)23-14/h1,10,12-13H,4-9,11H2,2H3,(H2,21,23,24)/t12?,13-,19+/m1/s1. The Kier molecular flexibility index (Phi) is 6.09. The number of carbonyl (C=O) groups is 1. The second kappa shape index (κ2) is 8.52. The molecule has 0 saturated carbocycles. The third kappa shape index (κ3) is 4.57. The van der Waals surface area contributed by atoms with E-state index in [-0.39, 0.29) is 31.1 Å². The summed E-state index contributed by atoms with van der Waals surface area (Å²) in [5.74, 6) is 2.76. The van der Waals surface area contributed by atoms with Gasteiger partial charge < -0.3 is 19.9 Å². The molecule has 28 heavy (non-hydrogen) atoms. The SMILES string of the molecule is C#C[C@@]1(COC(=O)OCC)CC[C@H](CC2C=Nc3c(N)nc(F)nc3CC2)O1. The van der Waals surface area contributed by atoms with Gasteiger partial charge in [-0.1, -0.05) is 5.92 Å². The quantitative estimate of drug-likeness (QED) is 0.467. The van der Waals surface area contributed by atoms with E-state index in [9.17, 15) is 9.18 Å². The maximum atomic E-state index is 13.4. The molecule has 1 fully saturated rings. The normalized spacial score (nSPS) is 26.2. The largest absolute Gasteiger partial charge is 0.508 e. The summed E-state index contributed by atoms with van der Waals surface area (Å²) < 4.78 is 29.2. The molecule has 1 aromatic heterocycles. The van der Waals surface area contributed by atoms with E-state index in [2.05, 4.69) is 20.9 Å². The molecule has 0 aliphatic carbocycles. The first-order chi connectivity index (χ1) is 13.4. The number of rotatable bonds is 5. The molecule has 3 rings (SSSR count). The Morgan fingerprint density at radius 2 is 2.29 bits per heavy atom. The first-order valence-corrected chi connectivity index (χ1v) is 9.26. The van der Waals surface area contributed by atoms with Gasteiger partial charge >= 0.3 is 12.2 Å². The highest BCUT2D eigenvalue weighted by molar-refractivity contribution is 5.73. The molecule has 1 aromatic rings. The molecular formula is C19H23FN4O4.